The molecule has 0 saturated carbocycles. The molecule has 1 aromatic heterocycles. The van der Waals surface area contributed by atoms with Crippen molar-refractivity contribution in [3.63, 3.8) is 0 Å². The summed E-state index contributed by atoms with van der Waals surface area (Å²) in [5.74, 6) is 0. The molecule has 0 radical (unpaired) electrons. The number of halogens is 2. The third-order valence-electron chi connectivity index (χ3n) is 0.863. The van der Waals surface area contributed by atoms with Gasteiger partial charge < -0.3 is 0 Å². The molecule has 6 nitrogen and oxygen atoms in total. The molecule has 0 bridgehead atoms. The molecule has 0 unspecified atom stereocenters. The van der Waals surface area contributed by atoms with Gasteiger partial charge in [-0.05, 0) is 32.3 Å². The minimum atomic E-state index is -0.935. The summed E-state index contributed by atoms with van der Waals surface area (Å²) < 4.78 is 1.06. The van der Waals surface area contributed by atoms with Crippen molar-refractivity contribution in [3.8, 4) is 0 Å². The first-order valence-corrected chi connectivity index (χ1v) is 3.71. The van der Waals surface area contributed by atoms with Gasteiger partial charge in [-0.25, -0.2) is 0 Å². The van der Waals surface area contributed by atoms with Crippen LogP contribution in [0.4, 0.5) is 0 Å². The number of hydrogen-bond donors (Lipinski definition) is 0. The minimum absolute atomic E-state index is 0. The fraction of sp³-hybridized carbons (Fsp3) is 0. The van der Waals surface area contributed by atoms with E-state index in [0.717, 1.165) is 0 Å². The minimum Gasteiger partial charge on any atom is -0.285 e. The van der Waals surface area contributed by atoms with Crippen molar-refractivity contribution < 1.29 is 29.6 Å². The molecular formula is C3Br2N3NaO3. The molecule has 0 aliphatic carbocycles. The van der Waals surface area contributed by atoms with Crippen LogP contribution in [0, 0.1) is 0 Å². The summed E-state index contributed by atoms with van der Waals surface area (Å²) in [6.45, 7) is 0. The molecule has 0 amide bonds. The second-order valence-corrected chi connectivity index (χ2v) is 2.94. The zero-order valence-corrected chi connectivity index (χ0v) is 11.0. The molecule has 9 heteroatoms. The van der Waals surface area contributed by atoms with Crippen molar-refractivity contribution in [1.82, 2.24) is 12.2 Å². The maximum Gasteiger partial charge on any atom is 1.00 e. The predicted octanol–water partition coefficient (Wildman–Crippen LogP) is -4.35. The van der Waals surface area contributed by atoms with Gasteiger partial charge in [-0.3, -0.25) is 26.6 Å². The second kappa shape index (κ2) is 4.56. The smallest absolute Gasteiger partial charge is 0.285 e. The van der Waals surface area contributed by atoms with E-state index < -0.39 is 17.1 Å². The molecule has 60 valence electrons. The van der Waals surface area contributed by atoms with E-state index in [2.05, 4.69) is 37.3 Å². The number of nitrogens with zero attached hydrogens (tertiary/aromatic N) is 3. The Morgan fingerprint density at radius 2 is 1.33 bits per heavy atom. The van der Waals surface area contributed by atoms with Crippen molar-refractivity contribution in [3.05, 3.63) is 31.5 Å². The summed E-state index contributed by atoms with van der Waals surface area (Å²) in [6.07, 6.45) is 0. The van der Waals surface area contributed by atoms with Gasteiger partial charge in [0.1, 0.15) is 0 Å². The first kappa shape index (κ1) is 12.4. The van der Waals surface area contributed by atoms with Crippen molar-refractivity contribution in [2.45, 2.75) is 0 Å². The van der Waals surface area contributed by atoms with Crippen molar-refractivity contribution in [2.24, 2.45) is 0 Å². The predicted molar refractivity (Wildman–Crippen MR) is 43.2 cm³/mol. The topological polar surface area (TPSA) is 75.2 Å². The van der Waals surface area contributed by atoms with Crippen LogP contribution >= 0.6 is 32.3 Å². The molecule has 1 aromatic rings. The molecule has 0 fully saturated rings. The van der Waals surface area contributed by atoms with Gasteiger partial charge in [0.15, 0.2) is 0 Å². The molecular weight excluding hydrogens is 309 g/mol. The van der Waals surface area contributed by atoms with Gasteiger partial charge in [-0.2, -0.15) is 0 Å². The third-order valence-corrected chi connectivity index (χ3v) is 2.08. The fourth-order valence-electron chi connectivity index (χ4n) is 0.410. The number of hydrogen-bond acceptors (Lipinski definition) is 3. The van der Waals surface area contributed by atoms with E-state index in [0.29, 0.717) is 7.19 Å². The Labute approximate surface area is 105 Å². The van der Waals surface area contributed by atoms with E-state index in [-0.39, 0.29) is 29.6 Å². The fourth-order valence-corrected chi connectivity index (χ4v) is 1.10. The zero-order valence-electron chi connectivity index (χ0n) is 5.82. The average molecular weight is 309 g/mol. The molecule has 0 aromatic carbocycles. The van der Waals surface area contributed by atoms with Crippen LogP contribution in [-0.2, 0) is 0 Å². The molecule has 0 aliphatic rings. The standard InChI is InChI=1S/C3HBr2N3O3.Na/c4-7-1(9)6-2(10)8(5)3(7)11;/h(H,6,9,10);/q;+1/p-1. The maximum atomic E-state index is 10.8. The Balaban J connectivity index is 0.00000121. The first-order chi connectivity index (χ1) is 5.04. The van der Waals surface area contributed by atoms with Crippen LogP contribution < -0.4 is 51.6 Å². The molecule has 0 atom stereocenters. The van der Waals surface area contributed by atoms with Gasteiger partial charge >= 0.3 is 29.6 Å². The van der Waals surface area contributed by atoms with E-state index in [4.69, 9.17) is 0 Å². The molecule has 0 aliphatic heterocycles. The van der Waals surface area contributed by atoms with Gasteiger partial charge in [-0.15, -0.1) is 0 Å². The average Bonchev–Trinajstić information content (AvgIpc) is 1.97. The summed E-state index contributed by atoms with van der Waals surface area (Å²) in [7, 11) is 0. The molecule has 0 saturated heterocycles. The normalized spacial score (nSPS) is 9.17. The van der Waals surface area contributed by atoms with Gasteiger partial charge in [0.05, 0.1) is 0 Å². The molecule has 0 spiro atoms. The van der Waals surface area contributed by atoms with Gasteiger partial charge in [-0.1, -0.05) is 0 Å². The first-order valence-electron chi connectivity index (χ1n) is 2.29. The van der Waals surface area contributed by atoms with Crippen LogP contribution in [0.2, 0.25) is 0 Å². The summed E-state index contributed by atoms with van der Waals surface area (Å²) in [4.78, 5) is 34.9. The van der Waals surface area contributed by atoms with Gasteiger partial charge in [0.25, 0.3) is 0 Å². The zero-order chi connectivity index (χ0) is 8.59. The number of rotatable bonds is 0. The van der Waals surface area contributed by atoms with Crippen molar-refractivity contribution in [1.29, 1.82) is 0 Å². The second-order valence-electron chi connectivity index (χ2n) is 1.52. The van der Waals surface area contributed by atoms with E-state index in [9.17, 15) is 14.4 Å². The van der Waals surface area contributed by atoms with E-state index in [1.54, 1.807) is 0 Å². The Bertz CT molecular complexity index is 408. The van der Waals surface area contributed by atoms with Crippen molar-refractivity contribution in [2.75, 3.05) is 0 Å². The summed E-state index contributed by atoms with van der Waals surface area (Å²) >= 11 is 5.21. The van der Waals surface area contributed by atoms with Crippen LogP contribution in [0.3, 0.4) is 0 Å². The van der Waals surface area contributed by atoms with E-state index >= 15 is 0 Å². The van der Waals surface area contributed by atoms with Crippen LogP contribution in [0.25, 0.3) is 0 Å². The van der Waals surface area contributed by atoms with Crippen LogP contribution in [0.5, 0.6) is 0 Å². The van der Waals surface area contributed by atoms with Gasteiger partial charge in [0.2, 0.25) is 17.1 Å². The monoisotopic (exact) mass is 307 g/mol. The summed E-state index contributed by atoms with van der Waals surface area (Å²) in [5, 5.41) is 0. The van der Waals surface area contributed by atoms with Crippen LogP contribution in [-0.4, -0.2) is 7.19 Å². The van der Waals surface area contributed by atoms with Gasteiger partial charge in [0, 0.05) is 0 Å². The Morgan fingerprint density at radius 3 is 1.67 bits per heavy atom. The van der Waals surface area contributed by atoms with Crippen LogP contribution in [0.1, 0.15) is 0 Å². The Hall–Kier alpha value is 0.370. The molecule has 12 heavy (non-hydrogen) atoms. The van der Waals surface area contributed by atoms with Crippen molar-refractivity contribution >= 4 is 32.3 Å². The Morgan fingerprint density at radius 1 is 1.00 bits per heavy atom. The van der Waals surface area contributed by atoms with E-state index in [1.165, 1.54) is 0 Å². The molecule has 0 N–H and O–H groups in total. The summed E-state index contributed by atoms with van der Waals surface area (Å²) in [5.41, 5.74) is -2.69. The Kier molecular flexibility index (Phi) is 4.70. The SMILES string of the molecule is O=c1[n-]c(=O)n(Br)c(=O)n1Br.[Na+]. The largest absolute Gasteiger partial charge is 1.00 e. The quantitative estimate of drug-likeness (QED) is 0.454. The molecule has 1 heterocycles. The summed E-state index contributed by atoms with van der Waals surface area (Å²) in [6, 6.07) is 0. The van der Waals surface area contributed by atoms with E-state index in [1.807, 2.05) is 0 Å². The number of aromatic nitrogens is 3. The molecule has 1 rings (SSSR count). The van der Waals surface area contributed by atoms with Crippen LogP contribution in [0.15, 0.2) is 14.4 Å². The maximum absolute atomic E-state index is 10.8. The third kappa shape index (κ3) is 2.19.